The van der Waals surface area contributed by atoms with Crippen molar-refractivity contribution in [2.45, 2.75) is 6.61 Å². The second-order valence-corrected chi connectivity index (χ2v) is 4.30. The standard InChI is InChI=1S/C16H12O2/c17-9-12-5-3-7-14-15(12)8-11-4-1-2-6-13(11)16(14)10-18/h1-8,10,17H,9H2. The van der Waals surface area contributed by atoms with Crippen LogP contribution >= 0.6 is 0 Å². The van der Waals surface area contributed by atoms with Crippen LogP contribution in [0.15, 0.2) is 48.5 Å². The maximum atomic E-state index is 11.4. The zero-order valence-corrected chi connectivity index (χ0v) is 9.76. The smallest absolute Gasteiger partial charge is 0.151 e. The Kier molecular flexibility index (Phi) is 2.58. The van der Waals surface area contributed by atoms with Gasteiger partial charge in [-0.3, -0.25) is 4.79 Å². The van der Waals surface area contributed by atoms with E-state index in [1.807, 2.05) is 48.5 Å². The SMILES string of the molecule is O=Cc1c2ccccc2cc2c(CO)cccc12. The topological polar surface area (TPSA) is 37.3 Å². The molecule has 1 N–H and O–H groups in total. The van der Waals surface area contributed by atoms with Crippen LogP contribution in [0.25, 0.3) is 21.5 Å². The minimum absolute atomic E-state index is 0.0199. The number of aldehydes is 1. The highest BCUT2D eigenvalue weighted by Crippen LogP contribution is 2.29. The highest BCUT2D eigenvalue weighted by Gasteiger charge is 2.08. The lowest BCUT2D eigenvalue weighted by Crippen LogP contribution is -1.91. The van der Waals surface area contributed by atoms with Crippen LogP contribution < -0.4 is 0 Å². The Morgan fingerprint density at radius 3 is 2.50 bits per heavy atom. The fourth-order valence-corrected chi connectivity index (χ4v) is 2.45. The molecule has 0 heterocycles. The van der Waals surface area contributed by atoms with Gasteiger partial charge >= 0.3 is 0 Å². The average Bonchev–Trinajstić information content (AvgIpc) is 2.44. The Bertz CT molecular complexity index is 745. The first-order valence-electron chi connectivity index (χ1n) is 5.84. The molecule has 18 heavy (non-hydrogen) atoms. The van der Waals surface area contributed by atoms with Crippen molar-refractivity contribution in [1.29, 1.82) is 0 Å². The summed E-state index contributed by atoms with van der Waals surface area (Å²) in [5, 5.41) is 13.2. The summed E-state index contributed by atoms with van der Waals surface area (Å²) in [6.07, 6.45) is 0.895. The van der Waals surface area contributed by atoms with Crippen LogP contribution in [0.3, 0.4) is 0 Å². The molecule has 0 bridgehead atoms. The molecule has 0 aliphatic rings. The number of carbonyl (C=O) groups is 1. The summed E-state index contributed by atoms with van der Waals surface area (Å²) in [6.45, 7) is -0.0199. The Hall–Kier alpha value is -2.19. The summed E-state index contributed by atoms with van der Waals surface area (Å²) < 4.78 is 0. The summed E-state index contributed by atoms with van der Waals surface area (Å²) >= 11 is 0. The van der Waals surface area contributed by atoms with E-state index in [2.05, 4.69) is 0 Å². The second kappa shape index (κ2) is 4.24. The van der Waals surface area contributed by atoms with E-state index in [0.29, 0.717) is 5.56 Å². The lowest BCUT2D eigenvalue weighted by atomic mass is 9.95. The van der Waals surface area contributed by atoms with E-state index in [0.717, 1.165) is 33.4 Å². The van der Waals surface area contributed by atoms with Crippen LogP contribution in [-0.4, -0.2) is 11.4 Å². The van der Waals surface area contributed by atoms with Gasteiger partial charge in [-0.25, -0.2) is 0 Å². The summed E-state index contributed by atoms with van der Waals surface area (Å²) in [5.41, 5.74) is 1.54. The van der Waals surface area contributed by atoms with Crippen LogP contribution in [0.1, 0.15) is 15.9 Å². The summed E-state index contributed by atoms with van der Waals surface area (Å²) in [5.74, 6) is 0. The van der Waals surface area contributed by atoms with E-state index < -0.39 is 0 Å². The van der Waals surface area contributed by atoms with Crippen LogP contribution in [0.5, 0.6) is 0 Å². The van der Waals surface area contributed by atoms with E-state index in [1.165, 1.54) is 0 Å². The van der Waals surface area contributed by atoms with Gasteiger partial charge in [0.15, 0.2) is 6.29 Å². The van der Waals surface area contributed by atoms with Crippen molar-refractivity contribution >= 4 is 27.8 Å². The molecule has 0 fully saturated rings. The first kappa shape index (κ1) is 10.9. The van der Waals surface area contributed by atoms with Gasteiger partial charge in [0.05, 0.1) is 6.61 Å². The third kappa shape index (κ3) is 1.50. The third-order valence-electron chi connectivity index (χ3n) is 3.33. The number of hydrogen-bond donors (Lipinski definition) is 1. The molecule has 0 spiro atoms. The van der Waals surface area contributed by atoms with Crippen LogP contribution in [0, 0.1) is 0 Å². The fourth-order valence-electron chi connectivity index (χ4n) is 2.45. The molecule has 0 radical (unpaired) electrons. The van der Waals surface area contributed by atoms with Gasteiger partial charge in [-0.1, -0.05) is 42.5 Å². The van der Waals surface area contributed by atoms with E-state index in [-0.39, 0.29) is 6.61 Å². The van der Waals surface area contributed by atoms with Gasteiger partial charge in [-0.2, -0.15) is 0 Å². The second-order valence-electron chi connectivity index (χ2n) is 4.30. The van der Waals surface area contributed by atoms with Crippen molar-refractivity contribution in [3.8, 4) is 0 Å². The first-order valence-corrected chi connectivity index (χ1v) is 5.84. The Morgan fingerprint density at radius 1 is 0.944 bits per heavy atom. The van der Waals surface area contributed by atoms with Crippen molar-refractivity contribution in [1.82, 2.24) is 0 Å². The molecule has 0 amide bonds. The molecule has 0 saturated carbocycles. The molecule has 3 aromatic rings. The number of carbonyl (C=O) groups excluding carboxylic acids is 1. The Balaban J connectivity index is 2.57. The van der Waals surface area contributed by atoms with E-state index >= 15 is 0 Å². The summed E-state index contributed by atoms with van der Waals surface area (Å²) in [6, 6.07) is 15.5. The molecular formula is C16H12O2. The lowest BCUT2D eigenvalue weighted by molar-refractivity contribution is 0.112. The minimum atomic E-state index is -0.0199. The summed E-state index contributed by atoms with van der Waals surface area (Å²) in [7, 11) is 0. The van der Waals surface area contributed by atoms with Crippen molar-refractivity contribution < 1.29 is 9.90 Å². The quantitative estimate of drug-likeness (QED) is 0.547. The largest absolute Gasteiger partial charge is 0.392 e. The van der Waals surface area contributed by atoms with Gasteiger partial charge in [0.25, 0.3) is 0 Å². The van der Waals surface area contributed by atoms with Gasteiger partial charge in [-0.15, -0.1) is 0 Å². The lowest BCUT2D eigenvalue weighted by Gasteiger charge is -2.09. The summed E-state index contributed by atoms with van der Waals surface area (Å²) in [4.78, 5) is 11.4. The molecule has 2 heteroatoms. The minimum Gasteiger partial charge on any atom is -0.392 e. The monoisotopic (exact) mass is 236 g/mol. The molecular weight excluding hydrogens is 224 g/mol. The van der Waals surface area contributed by atoms with Gasteiger partial charge in [0, 0.05) is 5.56 Å². The van der Waals surface area contributed by atoms with Crippen molar-refractivity contribution in [2.24, 2.45) is 0 Å². The molecule has 0 aliphatic heterocycles. The van der Waals surface area contributed by atoms with Crippen LogP contribution in [0.4, 0.5) is 0 Å². The highest BCUT2D eigenvalue weighted by molar-refractivity contribution is 6.12. The fraction of sp³-hybridized carbons (Fsp3) is 0.0625. The van der Waals surface area contributed by atoms with Crippen molar-refractivity contribution in [3.63, 3.8) is 0 Å². The van der Waals surface area contributed by atoms with Gasteiger partial charge in [0.2, 0.25) is 0 Å². The van der Waals surface area contributed by atoms with Crippen molar-refractivity contribution in [3.05, 3.63) is 59.7 Å². The average molecular weight is 236 g/mol. The third-order valence-corrected chi connectivity index (χ3v) is 3.33. The highest BCUT2D eigenvalue weighted by atomic mass is 16.3. The van der Waals surface area contributed by atoms with Gasteiger partial charge in [0.1, 0.15) is 0 Å². The Morgan fingerprint density at radius 2 is 1.72 bits per heavy atom. The van der Waals surface area contributed by atoms with E-state index in [1.54, 1.807) is 0 Å². The Labute approximate surface area is 104 Å². The van der Waals surface area contributed by atoms with Crippen LogP contribution in [0.2, 0.25) is 0 Å². The molecule has 3 rings (SSSR count). The number of benzene rings is 3. The molecule has 0 atom stereocenters. The molecule has 0 aromatic heterocycles. The van der Waals surface area contributed by atoms with Crippen LogP contribution in [-0.2, 0) is 6.61 Å². The van der Waals surface area contributed by atoms with Crippen molar-refractivity contribution in [2.75, 3.05) is 0 Å². The molecule has 2 nitrogen and oxygen atoms in total. The molecule has 0 saturated heterocycles. The maximum Gasteiger partial charge on any atom is 0.151 e. The number of aliphatic hydroxyl groups is 1. The molecule has 0 aliphatic carbocycles. The molecule has 0 unspecified atom stereocenters. The van der Waals surface area contributed by atoms with Gasteiger partial charge in [-0.05, 0) is 33.2 Å². The predicted octanol–water partition coefficient (Wildman–Crippen LogP) is 3.30. The number of fused-ring (bicyclic) bond motifs is 2. The van der Waals surface area contributed by atoms with E-state index in [4.69, 9.17) is 0 Å². The van der Waals surface area contributed by atoms with Gasteiger partial charge < -0.3 is 5.11 Å². The van der Waals surface area contributed by atoms with E-state index in [9.17, 15) is 9.90 Å². The number of rotatable bonds is 2. The maximum absolute atomic E-state index is 11.4. The zero-order valence-electron chi connectivity index (χ0n) is 9.76. The number of hydrogen-bond acceptors (Lipinski definition) is 2. The molecule has 88 valence electrons. The predicted molar refractivity (Wildman–Crippen MR) is 72.8 cm³/mol. The zero-order chi connectivity index (χ0) is 12.5. The molecule has 3 aromatic carbocycles. The first-order chi connectivity index (χ1) is 8.85. The normalized spacial score (nSPS) is 10.9. The number of aliphatic hydroxyl groups excluding tert-OH is 1.